The lowest BCUT2D eigenvalue weighted by Gasteiger charge is -2.08. The van der Waals surface area contributed by atoms with Crippen LogP contribution in [0.1, 0.15) is 5.56 Å². The second kappa shape index (κ2) is 5.97. The molecule has 1 heterocycles. The second-order valence-corrected chi connectivity index (χ2v) is 7.19. The quantitative estimate of drug-likeness (QED) is 0.739. The van der Waals surface area contributed by atoms with Gasteiger partial charge >= 0.3 is 5.69 Å². The van der Waals surface area contributed by atoms with E-state index in [2.05, 4.69) is 9.71 Å². The minimum absolute atomic E-state index is 0.0954. The lowest BCUT2D eigenvalue weighted by Crippen LogP contribution is -2.35. The summed E-state index contributed by atoms with van der Waals surface area (Å²) in [4.78, 5) is 27.3. The van der Waals surface area contributed by atoms with Crippen molar-refractivity contribution in [2.24, 2.45) is 0 Å². The van der Waals surface area contributed by atoms with Crippen LogP contribution in [0.4, 0.5) is 5.69 Å². The van der Waals surface area contributed by atoms with E-state index in [-0.39, 0.29) is 12.1 Å². The van der Waals surface area contributed by atoms with Gasteiger partial charge in [-0.15, -0.1) is 0 Å². The minimum atomic E-state index is -3.35. The van der Waals surface area contributed by atoms with Crippen molar-refractivity contribution in [2.45, 2.75) is 6.54 Å². The molecule has 0 unspecified atom stereocenters. The number of aromatic amines is 1. The van der Waals surface area contributed by atoms with Crippen LogP contribution in [0.3, 0.4) is 0 Å². The number of benzene rings is 2. The number of rotatable bonds is 4. The Morgan fingerprint density at radius 2 is 1.71 bits per heavy atom. The lowest BCUT2D eigenvalue weighted by molar-refractivity contribution is 0.607. The molecule has 3 aromatic rings. The Hall–Kier alpha value is -2.87. The van der Waals surface area contributed by atoms with Crippen LogP contribution < -0.4 is 16.0 Å². The Morgan fingerprint density at radius 1 is 1.04 bits per heavy atom. The van der Waals surface area contributed by atoms with Crippen molar-refractivity contribution in [1.29, 1.82) is 0 Å². The van der Waals surface area contributed by atoms with E-state index in [1.165, 1.54) is 0 Å². The zero-order chi connectivity index (χ0) is 17.3. The van der Waals surface area contributed by atoms with Crippen molar-refractivity contribution in [3.63, 3.8) is 0 Å². The third-order valence-electron chi connectivity index (χ3n) is 3.49. The van der Waals surface area contributed by atoms with Gasteiger partial charge in [0.05, 0.1) is 23.7 Å². The Labute approximate surface area is 137 Å². The van der Waals surface area contributed by atoms with Crippen LogP contribution in [-0.2, 0) is 16.6 Å². The molecule has 1 aromatic heterocycles. The molecule has 0 fully saturated rings. The highest BCUT2D eigenvalue weighted by Gasteiger charge is 2.08. The molecule has 0 aliphatic rings. The maximum atomic E-state index is 12.5. The molecule has 24 heavy (non-hydrogen) atoms. The fourth-order valence-electron chi connectivity index (χ4n) is 2.42. The van der Waals surface area contributed by atoms with Gasteiger partial charge in [0, 0.05) is 5.69 Å². The van der Waals surface area contributed by atoms with Crippen LogP contribution >= 0.6 is 0 Å². The van der Waals surface area contributed by atoms with Gasteiger partial charge in [0.1, 0.15) is 0 Å². The molecule has 0 amide bonds. The Morgan fingerprint density at radius 3 is 2.38 bits per heavy atom. The van der Waals surface area contributed by atoms with Crippen LogP contribution in [0.2, 0.25) is 0 Å². The van der Waals surface area contributed by atoms with Crippen molar-refractivity contribution >= 4 is 26.6 Å². The van der Waals surface area contributed by atoms with E-state index < -0.39 is 15.7 Å². The van der Waals surface area contributed by atoms with Gasteiger partial charge in [-0.25, -0.2) is 13.2 Å². The van der Waals surface area contributed by atoms with E-state index in [1.54, 1.807) is 48.5 Å². The van der Waals surface area contributed by atoms with Gasteiger partial charge in [-0.1, -0.05) is 24.3 Å². The Balaban J connectivity index is 1.96. The summed E-state index contributed by atoms with van der Waals surface area (Å²) in [5.41, 5.74) is 0.763. The highest BCUT2D eigenvalue weighted by molar-refractivity contribution is 7.92. The fraction of sp³-hybridized carbons (Fsp3) is 0.125. The van der Waals surface area contributed by atoms with Crippen molar-refractivity contribution in [3.05, 3.63) is 74.9 Å². The van der Waals surface area contributed by atoms with Gasteiger partial charge in [0.15, 0.2) is 0 Å². The van der Waals surface area contributed by atoms with Crippen molar-refractivity contribution < 1.29 is 8.42 Å². The van der Waals surface area contributed by atoms with Crippen LogP contribution in [0.5, 0.6) is 0 Å². The monoisotopic (exact) mass is 345 g/mol. The maximum Gasteiger partial charge on any atom is 0.329 e. The Bertz CT molecular complexity index is 1110. The zero-order valence-corrected chi connectivity index (χ0v) is 13.6. The van der Waals surface area contributed by atoms with E-state index in [1.807, 2.05) is 0 Å². The second-order valence-electron chi connectivity index (χ2n) is 5.44. The van der Waals surface area contributed by atoms with E-state index in [0.29, 0.717) is 22.2 Å². The molecule has 0 aliphatic heterocycles. The Kier molecular flexibility index (Phi) is 3.98. The zero-order valence-electron chi connectivity index (χ0n) is 12.8. The first-order valence-electron chi connectivity index (χ1n) is 7.12. The average molecular weight is 345 g/mol. The molecule has 0 radical (unpaired) electrons. The van der Waals surface area contributed by atoms with Crippen molar-refractivity contribution in [2.75, 3.05) is 11.0 Å². The van der Waals surface area contributed by atoms with E-state index in [9.17, 15) is 18.0 Å². The minimum Gasteiger partial charge on any atom is -0.307 e. The predicted molar refractivity (Wildman–Crippen MR) is 92.8 cm³/mol. The largest absolute Gasteiger partial charge is 0.329 e. The summed E-state index contributed by atoms with van der Waals surface area (Å²) in [6.45, 7) is 0.0954. The van der Waals surface area contributed by atoms with Crippen LogP contribution in [0, 0.1) is 0 Å². The first-order chi connectivity index (χ1) is 11.3. The molecule has 2 N–H and O–H groups in total. The molecule has 0 atom stereocenters. The molecule has 0 saturated heterocycles. The number of para-hydroxylation sites is 1. The van der Waals surface area contributed by atoms with Gasteiger partial charge < -0.3 is 4.98 Å². The molecule has 124 valence electrons. The van der Waals surface area contributed by atoms with Gasteiger partial charge in [-0.05, 0) is 29.8 Å². The molecule has 8 heteroatoms. The summed E-state index contributed by atoms with van der Waals surface area (Å²) < 4.78 is 25.8. The fourth-order valence-corrected chi connectivity index (χ4v) is 2.98. The smallest absolute Gasteiger partial charge is 0.307 e. The first kappa shape index (κ1) is 16.0. The number of hydrogen-bond donors (Lipinski definition) is 2. The number of anilines is 1. The highest BCUT2D eigenvalue weighted by Crippen LogP contribution is 2.11. The van der Waals surface area contributed by atoms with E-state index in [4.69, 9.17) is 0 Å². The van der Waals surface area contributed by atoms with Crippen LogP contribution in [-0.4, -0.2) is 24.2 Å². The summed E-state index contributed by atoms with van der Waals surface area (Å²) in [5.74, 6) is 0. The number of sulfonamides is 1. The summed E-state index contributed by atoms with van der Waals surface area (Å²) in [7, 11) is -3.35. The van der Waals surface area contributed by atoms with Gasteiger partial charge in [0.25, 0.3) is 5.56 Å². The molecule has 2 aromatic carbocycles. The molecule has 3 rings (SSSR count). The molecule has 0 bridgehead atoms. The number of hydrogen-bond acceptors (Lipinski definition) is 4. The van der Waals surface area contributed by atoms with Crippen molar-refractivity contribution in [3.8, 4) is 0 Å². The molecular formula is C16H15N3O4S. The van der Waals surface area contributed by atoms with Crippen LogP contribution in [0.15, 0.2) is 58.1 Å². The number of nitrogens with one attached hydrogen (secondary N) is 2. The summed E-state index contributed by atoms with van der Waals surface area (Å²) >= 11 is 0. The summed E-state index contributed by atoms with van der Waals surface area (Å²) in [6, 6.07) is 13.3. The average Bonchev–Trinajstić information content (AvgIpc) is 2.51. The SMILES string of the molecule is CS(=O)(=O)Nc1ccc(Cn2c(=O)[nH]c3ccccc3c2=O)cc1. The topological polar surface area (TPSA) is 101 Å². The standard InChI is InChI=1S/C16H15N3O4S/c1-24(22,23)18-12-8-6-11(7-9-12)10-19-15(20)13-4-2-3-5-14(13)17-16(19)21/h2-9,18H,10H2,1H3,(H,17,21). The number of aromatic nitrogens is 2. The number of nitrogens with zero attached hydrogens (tertiary/aromatic N) is 1. The normalized spacial score (nSPS) is 11.5. The first-order valence-corrected chi connectivity index (χ1v) is 9.01. The number of fused-ring (bicyclic) bond motifs is 1. The third-order valence-corrected chi connectivity index (χ3v) is 4.09. The molecule has 0 aliphatic carbocycles. The molecule has 0 saturated carbocycles. The van der Waals surface area contributed by atoms with Crippen molar-refractivity contribution in [1.82, 2.24) is 9.55 Å². The van der Waals surface area contributed by atoms with Gasteiger partial charge in [-0.3, -0.25) is 14.1 Å². The molecular weight excluding hydrogens is 330 g/mol. The predicted octanol–water partition coefficient (Wildman–Crippen LogP) is 1.11. The van der Waals surface area contributed by atoms with Crippen LogP contribution in [0.25, 0.3) is 10.9 Å². The van der Waals surface area contributed by atoms with Gasteiger partial charge in [0.2, 0.25) is 10.0 Å². The van der Waals surface area contributed by atoms with E-state index >= 15 is 0 Å². The molecule has 0 spiro atoms. The number of H-pyrrole nitrogens is 1. The highest BCUT2D eigenvalue weighted by atomic mass is 32.2. The summed E-state index contributed by atoms with van der Waals surface area (Å²) in [6.07, 6.45) is 1.06. The summed E-state index contributed by atoms with van der Waals surface area (Å²) in [5, 5.41) is 0.437. The van der Waals surface area contributed by atoms with Gasteiger partial charge in [-0.2, -0.15) is 0 Å². The lowest BCUT2D eigenvalue weighted by atomic mass is 10.2. The maximum absolute atomic E-state index is 12.5. The molecule has 7 nitrogen and oxygen atoms in total. The third kappa shape index (κ3) is 3.38. The van der Waals surface area contributed by atoms with E-state index in [0.717, 1.165) is 10.8 Å².